The summed E-state index contributed by atoms with van der Waals surface area (Å²) in [5.74, 6) is 0.405. The summed E-state index contributed by atoms with van der Waals surface area (Å²) < 4.78 is 32.6. The van der Waals surface area contributed by atoms with Gasteiger partial charge in [-0.1, -0.05) is 43.1 Å². The number of carbonyl (C=O) groups is 1. The van der Waals surface area contributed by atoms with E-state index in [0.29, 0.717) is 50.3 Å². The number of hydrogen-bond donors (Lipinski definition) is 2. The highest BCUT2D eigenvalue weighted by molar-refractivity contribution is 6.03. The molecule has 6 rings (SSSR count). The summed E-state index contributed by atoms with van der Waals surface area (Å²) in [5.41, 5.74) is 5.06. The van der Waals surface area contributed by atoms with Crippen molar-refractivity contribution in [2.45, 2.75) is 122 Å². The molecular formula is C46H64N2O9. The summed E-state index contributed by atoms with van der Waals surface area (Å²) in [6.45, 7) is 13.7. The second kappa shape index (κ2) is 20.2. The van der Waals surface area contributed by atoms with E-state index in [1.165, 1.54) is 5.56 Å². The minimum absolute atomic E-state index is 0.0973. The van der Waals surface area contributed by atoms with Crippen molar-refractivity contribution in [2.24, 2.45) is 22.9 Å². The van der Waals surface area contributed by atoms with E-state index in [-0.39, 0.29) is 44.2 Å². The lowest BCUT2D eigenvalue weighted by Crippen LogP contribution is -2.70. The first-order valence-electron chi connectivity index (χ1n) is 21.3. The highest BCUT2D eigenvalue weighted by Crippen LogP contribution is 2.62. The molecule has 1 saturated carbocycles. The molecule has 2 heterocycles. The van der Waals surface area contributed by atoms with Gasteiger partial charge in [-0.3, -0.25) is 4.90 Å². The van der Waals surface area contributed by atoms with Gasteiger partial charge in [0.05, 0.1) is 31.5 Å². The van der Waals surface area contributed by atoms with Gasteiger partial charge in [0.2, 0.25) is 12.1 Å². The van der Waals surface area contributed by atoms with Crippen molar-refractivity contribution in [1.29, 1.82) is 0 Å². The summed E-state index contributed by atoms with van der Waals surface area (Å²) in [4.78, 5) is 22.0. The molecule has 2 N–H and O–H groups in total. The van der Waals surface area contributed by atoms with Crippen molar-refractivity contribution in [3.63, 3.8) is 0 Å². The quantitative estimate of drug-likeness (QED) is 0.0814. The van der Waals surface area contributed by atoms with Crippen LogP contribution in [-0.4, -0.2) is 84.6 Å². The SMILES string of the molecule is C=CCOC12Oc3ccc(Oc4ccc(C)c(C)c4)cc3C3C(CCCCO)C(CCCCO)C=C(C(=NOC4CCCCO4)CC1N(CCC)C(=O)OCC)C32. The van der Waals surface area contributed by atoms with Crippen molar-refractivity contribution in [2.75, 3.05) is 39.6 Å². The first kappa shape index (κ1) is 42.7. The molecule has 11 nitrogen and oxygen atoms in total. The number of rotatable bonds is 19. The van der Waals surface area contributed by atoms with Crippen LogP contribution in [0.2, 0.25) is 0 Å². The Morgan fingerprint density at radius 2 is 1.79 bits per heavy atom. The van der Waals surface area contributed by atoms with Gasteiger partial charge in [0, 0.05) is 44.1 Å². The molecule has 57 heavy (non-hydrogen) atoms. The Bertz CT molecular complexity index is 1720. The molecular weight excluding hydrogens is 725 g/mol. The van der Waals surface area contributed by atoms with Crippen LogP contribution < -0.4 is 9.47 Å². The molecule has 7 atom stereocenters. The number of aliphatic hydroxyl groups is 2. The minimum Gasteiger partial charge on any atom is -0.459 e. The van der Waals surface area contributed by atoms with Gasteiger partial charge in [-0.25, -0.2) is 4.79 Å². The van der Waals surface area contributed by atoms with Gasteiger partial charge >= 0.3 is 6.09 Å². The number of carbonyl (C=O) groups excluding carboxylic acids is 1. The maximum atomic E-state index is 14.0. The number of benzene rings is 2. The zero-order valence-corrected chi connectivity index (χ0v) is 34.5. The second-order valence-electron chi connectivity index (χ2n) is 15.9. The number of allylic oxidation sites excluding steroid dienone is 1. The Hall–Kier alpha value is -3.90. The fourth-order valence-corrected chi connectivity index (χ4v) is 9.36. The van der Waals surface area contributed by atoms with Gasteiger partial charge in [-0.2, -0.15) is 0 Å². The normalized spacial score (nSPS) is 27.1. The summed E-state index contributed by atoms with van der Waals surface area (Å²) >= 11 is 0. The number of aryl methyl sites for hydroxylation is 2. The van der Waals surface area contributed by atoms with Crippen LogP contribution in [0, 0.1) is 31.6 Å². The summed E-state index contributed by atoms with van der Waals surface area (Å²) in [5, 5.41) is 24.7. The smallest absolute Gasteiger partial charge is 0.410 e. The van der Waals surface area contributed by atoms with Crippen molar-refractivity contribution < 1.29 is 43.5 Å². The lowest BCUT2D eigenvalue weighted by atomic mass is 9.55. The third kappa shape index (κ3) is 9.54. The Kier molecular flexibility index (Phi) is 15.1. The molecule has 0 aromatic heterocycles. The molecule has 11 heteroatoms. The van der Waals surface area contributed by atoms with Crippen LogP contribution in [-0.2, 0) is 19.0 Å². The third-order valence-electron chi connectivity index (χ3n) is 12.1. The molecule has 0 radical (unpaired) electrons. The number of nitrogens with zero attached hydrogens (tertiary/aromatic N) is 2. The van der Waals surface area contributed by atoms with E-state index in [4.69, 9.17) is 33.7 Å². The van der Waals surface area contributed by atoms with Gasteiger partial charge in [0.1, 0.15) is 23.3 Å². The molecule has 2 fully saturated rings. The van der Waals surface area contributed by atoms with Crippen LogP contribution in [0.4, 0.5) is 4.79 Å². The number of oxime groups is 1. The molecule has 312 valence electrons. The number of hydrogen-bond acceptors (Lipinski definition) is 10. The largest absolute Gasteiger partial charge is 0.459 e. The standard InChI is InChI=1S/C46H64N2O9/c1-6-22-48(45(51)52-8-3)41-30-39(47-57-42-17-11-14-26-53-42)37-28-33(15-9-12-23-49)36(16-10-13-24-50)43-38-29-35(55-34-19-18-31(4)32(5)27-34)20-21-40(38)56-46(41,44(37)43)54-25-7-2/h7,18-21,27-29,33,36,41-44,49-50H,2,6,8-17,22-26,30H2,1,3-5H3. The number of unbranched alkanes of at least 4 members (excludes halogenated alkanes) is 2. The predicted octanol–water partition coefficient (Wildman–Crippen LogP) is 9.12. The zero-order chi connectivity index (χ0) is 40.4. The van der Waals surface area contributed by atoms with Gasteiger partial charge in [-0.05, 0) is 125 Å². The fourth-order valence-electron chi connectivity index (χ4n) is 9.36. The van der Waals surface area contributed by atoms with Crippen LogP contribution in [0.25, 0.3) is 0 Å². The Morgan fingerprint density at radius 3 is 2.49 bits per heavy atom. The number of amides is 1. The van der Waals surface area contributed by atoms with Gasteiger partial charge in [0.25, 0.3) is 0 Å². The second-order valence-corrected chi connectivity index (χ2v) is 15.9. The zero-order valence-electron chi connectivity index (χ0n) is 34.5. The van der Waals surface area contributed by atoms with E-state index in [1.807, 2.05) is 32.0 Å². The van der Waals surface area contributed by atoms with E-state index in [0.717, 1.165) is 73.1 Å². The Balaban J connectivity index is 1.58. The van der Waals surface area contributed by atoms with Crippen LogP contribution in [0.1, 0.15) is 107 Å². The molecule has 0 bridgehead atoms. The maximum Gasteiger partial charge on any atom is 0.410 e. The minimum atomic E-state index is -1.35. The van der Waals surface area contributed by atoms with Crippen LogP contribution in [0.5, 0.6) is 17.2 Å². The molecule has 7 unspecified atom stereocenters. The van der Waals surface area contributed by atoms with E-state index >= 15 is 0 Å². The molecule has 1 saturated heterocycles. The van der Waals surface area contributed by atoms with E-state index in [2.05, 4.69) is 44.7 Å². The van der Waals surface area contributed by atoms with Crippen LogP contribution in [0.3, 0.4) is 0 Å². The molecule has 2 aliphatic carbocycles. The average Bonchev–Trinajstić information content (AvgIpc) is 3.21. The summed E-state index contributed by atoms with van der Waals surface area (Å²) in [6, 6.07) is 11.5. The van der Waals surface area contributed by atoms with Crippen LogP contribution >= 0.6 is 0 Å². The lowest BCUT2D eigenvalue weighted by Gasteiger charge is -2.59. The van der Waals surface area contributed by atoms with E-state index < -0.39 is 30.1 Å². The highest BCUT2D eigenvalue weighted by atomic mass is 16.8. The molecule has 2 aromatic rings. The Labute approximate surface area is 339 Å². The van der Waals surface area contributed by atoms with Crippen molar-refractivity contribution in [3.8, 4) is 17.2 Å². The first-order chi connectivity index (χ1) is 27.8. The first-order valence-corrected chi connectivity index (χ1v) is 21.3. The molecule has 0 spiro atoms. The van der Waals surface area contributed by atoms with Gasteiger partial charge in [0.15, 0.2) is 0 Å². The molecule has 2 aliphatic heterocycles. The van der Waals surface area contributed by atoms with Gasteiger partial charge in [-0.15, -0.1) is 6.58 Å². The maximum absolute atomic E-state index is 14.0. The number of aliphatic hydroxyl groups excluding tert-OH is 2. The van der Waals surface area contributed by atoms with Crippen molar-refractivity contribution in [3.05, 3.63) is 77.4 Å². The molecule has 1 amide bonds. The monoisotopic (exact) mass is 788 g/mol. The number of ether oxygens (including phenoxy) is 5. The fraction of sp³-hybridized carbons (Fsp3) is 0.609. The Morgan fingerprint density at radius 1 is 1.02 bits per heavy atom. The van der Waals surface area contributed by atoms with Crippen LogP contribution in [0.15, 0.2) is 65.9 Å². The number of fused-ring (bicyclic) bond motifs is 2. The van der Waals surface area contributed by atoms with Crippen molar-refractivity contribution in [1.82, 2.24) is 4.90 Å². The lowest BCUT2D eigenvalue weighted by molar-refractivity contribution is -0.255. The topological polar surface area (TPSA) is 129 Å². The van der Waals surface area contributed by atoms with E-state index in [9.17, 15) is 15.0 Å². The third-order valence-corrected chi connectivity index (χ3v) is 12.1. The highest BCUT2D eigenvalue weighted by Gasteiger charge is 2.65. The molecule has 2 aromatic carbocycles. The summed E-state index contributed by atoms with van der Waals surface area (Å²) in [7, 11) is 0. The van der Waals surface area contributed by atoms with Gasteiger partial charge < -0.3 is 38.7 Å². The van der Waals surface area contributed by atoms with Crippen molar-refractivity contribution >= 4 is 11.8 Å². The predicted molar refractivity (Wildman–Crippen MR) is 220 cm³/mol. The summed E-state index contributed by atoms with van der Waals surface area (Å²) in [6.07, 6.45) is 11.7. The average molecular weight is 789 g/mol. The molecule has 4 aliphatic rings. The van der Waals surface area contributed by atoms with E-state index in [1.54, 1.807) is 11.0 Å².